The van der Waals surface area contributed by atoms with E-state index in [4.69, 9.17) is 10.2 Å². The Morgan fingerprint density at radius 2 is 1.84 bits per heavy atom. The van der Waals surface area contributed by atoms with Crippen LogP contribution in [0.3, 0.4) is 0 Å². The van der Waals surface area contributed by atoms with E-state index in [2.05, 4.69) is 20.6 Å². The number of nitrogens with two attached hydrogens (primary N) is 1. The van der Waals surface area contributed by atoms with Gasteiger partial charge in [0.2, 0.25) is 5.91 Å². The number of nitrogens with zero attached hydrogens (tertiary/aromatic N) is 3. The van der Waals surface area contributed by atoms with E-state index in [1.807, 2.05) is 11.0 Å². The fraction of sp³-hybridized carbons (Fsp3) is 0.444. The van der Waals surface area contributed by atoms with Crippen molar-refractivity contribution in [2.75, 3.05) is 23.3 Å². The number of anilines is 2. The van der Waals surface area contributed by atoms with Gasteiger partial charge in [0.1, 0.15) is 5.82 Å². The Morgan fingerprint density at radius 1 is 1.03 bits per heavy atom. The average molecular weight is 529 g/mol. The Labute approximate surface area is 218 Å². The fourth-order valence-corrected chi connectivity index (χ4v) is 5.33. The first-order valence-electron chi connectivity index (χ1n) is 12.9. The monoisotopic (exact) mass is 528 g/mol. The van der Waals surface area contributed by atoms with Crippen LogP contribution in [-0.4, -0.2) is 47.1 Å². The van der Waals surface area contributed by atoms with Crippen molar-refractivity contribution < 1.29 is 22.4 Å². The number of pyridine rings is 1. The SMILES string of the molecule is NC(=O)c1cccc(-c2cnc(N[C@@H]3CCCC[C@H]3N[C@H]3CCCN(c4ccc(C(F)(F)F)cn4)C3)o2)c1. The summed E-state index contributed by atoms with van der Waals surface area (Å²) in [6.45, 7) is 1.44. The van der Waals surface area contributed by atoms with Crippen LogP contribution >= 0.6 is 0 Å². The van der Waals surface area contributed by atoms with E-state index in [-0.39, 0.29) is 18.1 Å². The number of oxazole rings is 1. The van der Waals surface area contributed by atoms with Gasteiger partial charge in [-0.15, -0.1) is 0 Å². The molecule has 3 atom stereocenters. The van der Waals surface area contributed by atoms with Crippen molar-refractivity contribution in [1.82, 2.24) is 15.3 Å². The first-order valence-corrected chi connectivity index (χ1v) is 12.9. The summed E-state index contributed by atoms with van der Waals surface area (Å²) in [4.78, 5) is 22.0. The molecule has 11 heteroatoms. The number of benzene rings is 1. The van der Waals surface area contributed by atoms with Crippen LogP contribution in [0.4, 0.5) is 25.0 Å². The summed E-state index contributed by atoms with van der Waals surface area (Å²) < 4.78 is 44.7. The maximum atomic E-state index is 12.9. The smallest absolute Gasteiger partial charge is 0.417 e. The summed E-state index contributed by atoms with van der Waals surface area (Å²) in [7, 11) is 0. The molecule has 1 aliphatic carbocycles. The van der Waals surface area contributed by atoms with Crippen LogP contribution in [0.5, 0.6) is 0 Å². The summed E-state index contributed by atoms with van der Waals surface area (Å²) in [5.41, 5.74) is 5.78. The summed E-state index contributed by atoms with van der Waals surface area (Å²) in [6, 6.07) is 10.4. The highest BCUT2D eigenvalue weighted by molar-refractivity contribution is 5.93. The highest BCUT2D eigenvalue weighted by Crippen LogP contribution is 2.31. The van der Waals surface area contributed by atoms with Crippen LogP contribution in [0.2, 0.25) is 0 Å². The highest BCUT2D eigenvalue weighted by Gasteiger charge is 2.32. The van der Waals surface area contributed by atoms with Crippen molar-refractivity contribution in [3.8, 4) is 11.3 Å². The molecule has 3 aromatic rings. The van der Waals surface area contributed by atoms with Gasteiger partial charge >= 0.3 is 6.18 Å². The zero-order valence-corrected chi connectivity index (χ0v) is 20.9. The van der Waals surface area contributed by atoms with Gasteiger partial charge in [-0.25, -0.2) is 9.97 Å². The number of hydrogen-bond donors (Lipinski definition) is 3. The lowest BCUT2D eigenvalue weighted by atomic mass is 9.89. The molecule has 0 radical (unpaired) electrons. The zero-order valence-electron chi connectivity index (χ0n) is 20.9. The quantitative estimate of drug-likeness (QED) is 0.403. The molecule has 4 N–H and O–H groups in total. The second-order valence-electron chi connectivity index (χ2n) is 9.97. The summed E-state index contributed by atoms with van der Waals surface area (Å²) in [5.74, 6) is 0.606. The molecule has 0 spiro atoms. The molecule has 202 valence electrons. The van der Waals surface area contributed by atoms with Crippen molar-refractivity contribution in [2.24, 2.45) is 5.73 Å². The zero-order chi connectivity index (χ0) is 26.7. The van der Waals surface area contributed by atoms with Crippen LogP contribution in [0.25, 0.3) is 11.3 Å². The fourth-order valence-electron chi connectivity index (χ4n) is 5.33. The van der Waals surface area contributed by atoms with Crippen molar-refractivity contribution >= 4 is 17.7 Å². The third kappa shape index (κ3) is 6.09. The molecule has 3 heterocycles. The summed E-state index contributed by atoms with van der Waals surface area (Å²) in [6.07, 6.45) is 4.23. The largest absolute Gasteiger partial charge is 0.424 e. The molecule has 2 fully saturated rings. The standard InChI is InChI=1S/C27H31F3N6O2/c28-27(29,30)19-10-11-24(32-14-19)36-12-4-7-20(16-36)34-21-8-1-2-9-22(21)35-26-33-15-23(38-26)17-5-3-6-18(13-17)25(31)37/h3,5-6,10-11,13-15,20-22,34H,1-2,4,7-9,12,16H2,(H2,31,37)(H,33,35)/t20-,21+,22+/m0/s1. The van der Waals surface area contributed by atoms with Crippen LogP contribution in [0.1, 0.15) is 54.4 Å². The molecular weight excluding hydrogens is 497 g/mol. The molecule has 1 amide bonds. The van der Waals surface area contributed by atoms with Crippen molar-refractivity contribution in [1.29, 1.82) is 0 Å². The number of amides is 1. The number of halogens is 3. The molecule has 2 aliphatic rings. The highest BCUT2D eigenvalue weighted by atomic mass is 19.4. The van der Waals surface area contributed by atoms with Gasteiger partial charge in [-0.1, -0.05) is 25.0 Å². The topological polar surface area (TPSA) is 109 Å². The van der Waals surface area contributed by atoms with Crippen LogP contribution in [-0.2, 0) is 6.18 Å². The Bertz CT molecular complexity index is 1250. The maximum Gasteiger partial charge on any atom is 0.417 e. The molecule has 1 saturated carbocycles. The van der Waals surface area contributed by atoms with Crippen LogP contribution in [0.15, 0.2) is 53.2 Å². The summed E-state index contributed by atoms with van der Waals surface area (Å²) >= 11 is 0. The lowest BCUT2D eigenvalue weighted by Gasteiger charge is -2.39. The Morgan fingerprint density at radius 3 is 2.58 bits per heavy atom. The predicted octanol–water partition coefficient (Wildman–Crippen LogP) is 4.84. The number of hydrogen-bond acceptors (Lipinski definition) is 7. The maximum absolute atomic E-state index is 12.9. The molecule has 8 nitrogen and oxygen atoms in total. The molecule has 38 heavy (non-hydrogen) atoms. The molecule has 1 aromatic carbocycles. The molecule has 0 unspecified atom stereocenters. The van der Waals surface area contributed by atoms with Gasteiger partial charge in [0.05, 0.1) is 11.8 Å². The molecule has 1 aliphatic heterocycles. The van der Waals surface area contributed by atoms with E-state index in [1.165, 1.54) is 6.07 Å². The van der Waals surface area contributed by atoms with Gasteiger partial charge in [-0.2, -0.15) is 13.2 Å². The lowest BCUT2D eigenvalue weighted by Crippen LogP contribution is -2.55. The lowest BCUT2D eigenvalue weighted by molar-refractivity contribution is -0.137. The van der Waals surface area contributed by atoms with E-state index in [1.54, 1.807) is 24.4 Å². The first-order chi connectivity index (χ1) is 18.3. The number of rotatable bonds is 7. The minimum atomic E-state index is -4.39. The van der Waals surface area contributed by atoms with Crippen LogP contribution < -0.4 is 21.3 Å². The number of carbonyl (C=O) groups is 1. The van der Waals surface area contributed by atoms with Crippen molar-refractivity contribution in [2.45, 2.75) is 62.8 Å². The molecule has 5 rings (SSSR count). The number of piperidine rings is 1. The average Bonchev–Trinajstić information content (AvgIpc) is 3.38. The van der Waals surface area contributed by atoms with Gasteiger partial charge in [0, 0.05) is 48.5 Å². The Balaban J connectivity index is 1.22. The van der Waals surface area contributed by atoms with Crippen molar-refractivity contribution in [3.05, 3.63) is 59.9 Å². The van der Waals surface area contributed by atoms with Crippen molar-refractivity contribution in [3.63, 3.8) is 0 Å². The molecule has 1 saturated heterocycles. The minimum absolute atomic E-state index is 0.117. The van der Waals surface area contributed by atoms with E-state index in [9.17, 15) is 18.0 Å². The van der Waals surface area contributed by atoms with Gasteiger partial charge in [0.25, 0.3) is 6.01 Å². The summed E-state index contributed by atoms with van der Waals surface area (Å²) in [5, 5.41) is 7.24. The first kappa shape index (κ1) is 26.0. The molecule has 2 aromatic heterocycles. The molecular formula is C27H31F3N6O2. The third-order valence-corrected chi connectivity index (χ3v) is 7.28. The molecule has 0 bridgehead atoms. The number of alkyl halides is 3. The van der Waals surface area contributed by atoms with Crippen LogP contribution in [0, 0.1) is 0 Å². The van der Waals surface area contributed by atoms with E-state index < -0.39 is 17.6 Å². The third-order valence-electron chi connectivity index (χ3n) is 7.28. The normalized spacial score (nSPS) is 22.3. The van der Waals surface area contributed by atoms with E-state index in [0.717, 1.165) is 62.9 Å². The van der Waals surface area contributed by atoms with E-state index in [0.29, 0.717) is 29.7 Å². The second-order valence-corrected chi connectivity index (χ2v) is 9.97. The van der Waals surface area contributed by atoms with Gasteiger partial charge in [0.15, 0.2) is 5.76 Å². The number of primary amides is 1. The van der Waals surface area contributed by atoms with Gasteiger partial charge < -0.3 is 25.7 Å². The predicted molar refractivity (Wildman–Crippen MR) is 138 cm³/mol. The number of aromatic nitrogens is 2. The minimum Gasteiger partial charge on any atom is -0.424 e. The number of nitrogens with one attached hydrogen (secondary N) is 2. The van der Waals surface area contributed by atoms with Gasteiger partial charge in [-0.05, 0) is 49.9 Å². The van der Waals surface area contributed by atoms with E-state index >= 15 is 0 Å². The number of carbonyl (C=O) groups excluding carboxylic acids is 1. The second kappa shape index (κ2) is 11.0. The van der Waals surface area contributed by atoms with Gasteiger partial charge in [-0.3, -0.25) is 4.79 Å². The Kier molecular flexibility index (Phi) is 7.55. The Hall–Kier alpha value is -3.60.